The Labute approximate surface area is 178 Å². The molecule has 0 N–H and O–H groups in total. The third kappa shape index (κ3) is 4.21. The first kappa shape index (κ1) is 21.5. The molecular formula is C20H33N5O4S. The van der Waals surface area contributed by atoms with Crippen molar-refractivity contribution < 1.29 is 13.2 Å². The molecule has 3 heterocycles. The SMILES string of the molecule is Cn1nc(C2CCN(C(=O)C3CCN(S(C)(=O)=O)CC3)CC2)n(C2CCCC2)c1=O. The summed E-state index contributed by atoms with van der Waals surface area (Å²) in [5.41, 5.74) is -0.0203. The summed E-state index contributed by atoms with van der Waals surface area (Å²) in [4.78, 5) is 27.5. The molecule has 9 nitrogen and oxygen atoms in total. The van der Waals surface area contributed by atoms with Gasteiger partial charge in [0.1, 0.15) is 5.82 Å². The van der Waals surface area contributed by atoms with Crippen LogP contribution in [0.25, 0.3) is 0 Å². The fourth-order valence-corrected chi connectivity index (χ4v) is 6.21. The molecule has 10 heteroatoms. The van der Waals surface area contributed by atoms with Gasteiger partial charge in [-0.1, -0.05) is 12.8 Å². The smallest absolute Gasteiger partial charge is 0.342 e. The topological polar surface area (TPSA) is 97.5 Å². The Morgan fingerprint density at radius 3 is 2.13 bits per heavy atom. The normalized spacial score (nSPS) is 23.3. The van der Waals surface area contributed by atoms with E-state index in [-0.39, 0.29) is 29.5 Å². The van der Waals surface area contributed by atoms with Gasteiger partial charge in [0.2, 0.25) is 15.9 Å². The second-order valence-electron chi connectivity index (χ2n) is 9.11. The van der Waals surface area contributed by atoms with Crippen LogP contribution in [0, 0.1) is 5.92 Å². The number of hydrogen-bond donors (Lipinski definition) is 0. The lowest BCUT2D eigenvalue weighted by Gasteiger charge is -2.36. The van der Waals surface area contributed by atoms with Gasteiger partial charge in [0.15, 0.2) is 0 Å². The van der Waals surface area contributed by atoms with Gasteiger partial charge in [0.25, 0.3) is 0 Å². The first-order valence-electron chi connectivity index (χ1n) is 11.1. The highest BCUT2D eigenvalue weighted by Crippen LogP contribution is 2.34. The van der Waals surface area contributed by atoms with E-state index in [4.69, 9.17) is 0 Å². The highest BCUT2D eigenvalue weighted by atomic mass is 32.2. The van der Waals surface area contributed by atoms with E-state index in [1.165, 1.54) is 15.2 Å². The molecule has 3 aliphatic rings. The van der Waals surface area contributed by atoms with E-state index in [9.17, 15) is 18.0 Å². The van der Waals surface area contributed by atoms with Crippen molar-refractivity contribution in [3.05, 3.63) is 16.3 Å². The average Bonchev–Trinajstić information content (AvgIpc) is 3.35. The van der Waals surface area contributed by atoms with Crippen LogP contribution in [0.4, 0.5) is 0 Å². The molecular weight excluding hydrogens is 406 g/mol. The van der Waals surface area contributed by atoms with E-state index < -0.39 is 10.0 Å². The molecule has 2 saturated heterocycles. The first-order valence-corrected chi connectivity index (χ1v) is 13.0. The number of nitrogens with zero attached hydrogens (tertiary/aromatic N) is 5. The minimum Gasteiger partial charge on any atom is -0.342 e. The largest absolute Gasteiger partial charge is 0.345 e. The third-order valence-electron chi connectivity index (χ3n) is 7.12. The number of piperidine rings is 2. The van der Waals surface area contributed by atoms with Crippen LogP contribution in [-0.4, -0.2) is 70.3 Å². The molecule has 4 rings (SSSR count). The molecule has 1 aliphatic carbocycles. The average molecular weight is 440 g/mol. The second kappa shape index (κ2) is 8.45. The van der Waals surface area contributed by atoms with Gasteiger partial charge in [0.05, 0.1) is 6.26 Å². The number of amides is 1. The van der Waals surface area contributed by atoms with Crippen LogP contribution in [0.5, 0.6) is 0 Å². The molecule has 3 fully saturated rings. The highest BCUT2D eigenvalue weighted by Gasteiger charge is 2.35. The molecule has 1 aromatic rings. The number of rotatable bonds is 4. The first-order chi connectivity index (χ1) is 14.3. The van der Waals surface area contributed by atoms with Gasteiger partial charge in [-0.05, 0) is 38.5 Å². The quantitative estimate of drug-likeness (QED) is 0.699. The molecule has 0 atom stereocenters. The maximum absolute atomic E-state index is 13.0. The minimum atomic E-state index is -3.18. The number of aromatic nitrogens is 3. The Morgan fingerprint density at radius 2 is 1.57 bits per heavy atom. The minimum absolute atomic E-state index is 0.0203. The lowest BCUT2D eigenvalue weighted by Crippen LogP contribution is -2.46. The summed E-state index contributed by atoms with van der Waals surface area (Å²) >= 11 is 0. The standard InChI is InChI=1S/C20H33N5O4S/c1-22-20(27)25(17-5-3-4-6-17)18(21-22)15-7-11-23(12-8-15)19(26)16-9-13-24(14-10-16)30(2,28)29/h15-17H,3-14H2,1-2H3. The van der Waals surface area contributed by atoms with Crippen LogP contribution in [0.1, 0.15) is 69.2 Å². The van der Waals surface area contributed by atoms with E-state index in [1.807, 2.05) is 9.47 Å². The summed E-state index contributed by atoms with van der Waals surface area (Å²) < 4.78 is 28.2. The Hall–Kier alpha value is -1.68. The van der Waals surface area contributed by atoms with Gasteiger partial charge < -0.3 is 4.90 Å². The molecule has 168 valence electrons. The van der Waals surface area contributed by atoms with Gasteiger partial charge in [-0.3, -0.25) is 9.36 Å². The molecule has 0 spiro atoms. The number of carbonyl (C=O) groups excluding carboxylic acids is 1. The van der Waals surface area contributed by atoms with Crippen LogP contribution in [0.3, 0.4) is 0 Å². The number of hydrogen-bond acceptors (Lipinski definition) is 5. The molecule has 0 unspecified atom stereocenters. The van der Waals surface area contributed by atoms with Gasteiger partial charge >= 0.3 is 5.69 Å². The lowest BCUT2D eigenvalue weighted by atomic mass is 9.92. The van der Waals surface area contributed by atoms with Crippen molar-refractivity contribution in [2.45, 2.75) is 63.3 Å². The number of sulfonamides is 1. The Kier molecular flexibility index (Phi) is 6.07. The third-order valence-corrected chi connectivity index (χ3v) is 8.42. The van der Waals surface area contributed by atoms with Gasteiger partial charge in [-0.25, -0.2) is 22.2 Å². The predicted molar refractivity (Wildman–Crippen MR) is 113 cm³/mol. The molecule has 0 aromatic carbocycles. The van der Waals surface area contributed by atoms with E-state index >= 15 is 0 Å². The zero-order valence-corrected chi connectivity index (χ0v) is 18.8. The summed E-state index contributed by atoms with van der Waals surface area (Å²) in [6.07, 6.45) is 8.45. The summed E-state index contributed by atoms with van der Waals surface area (Å²) in [7, 11) is -1.46. The lowest BCUT2D eigenvalue weighted by molar-refractivity contribution is -0.137. The summed E-state index contributed by atoms with van der Waals surface area (Å²) in [5, 5.41) is 4.57. The maximum Gasteiger partial charge on any atom is 0.345 e. The van der Waals surface area contributed by atoms with E-state index in [2.05, 4.69) is 5.10 Å². The number of carbonyl (C=O) groups is 1. The highest BCUT2D eigenvalue weighted by molar-refractivity contribution is 7.88. The van der Waals surface area contributed by atoms with E-state index in [0.717, 1.165) is 44.3 Å². The van der Waals surface area contributed by atoms with Crippen molar-refractivity contribution in [1.82, 2.24) is 23.6 Å². The fourth-order valence-electron chi connectivity index (χ4n) is 5.33. The number of likely N-dealkylation sites (tertiary alicyclic amines) is 1. The van der Waals surface area contributed by atoms with Crippen LogP contribution < -0.4 is 5.69 Å². The molecule has 0 radical (unpaired) electrons. The van der Waals surface area contributed by atoms with Gasteiger partial charge in [-0.2, -0.15) is 5.10 Å². The molecule has 2 aliphatic heterocycles. The Balaban J connectivity index is 1.37. The van der Waals surface area contributed by atoms with Gasteiger partial charge in [-0.15, -0.1) is 0 Å². The van der Waals surface area contributed by atoms with E-state index in [0.29, 0.717) is 39.0 Å². The van der Waals surface area contributed by atoms with Crippen molar-refractivity contribution in [3.63, 3.8) is 0 Å². The maximum atomic E-state index is 13.0. The van der Waals surface area contributed by atoms with Crippen LogP contribution in [-0.2, 0) is 21.9 Å². The molecule has 30 heavy (non-hydrogen) atoms. The predicted octanol–water partition coefficient (Wildman–Crippen LogP) is 1.07. The molecule has 1 aromatic heterocycles. The van der Waals surface area contributed by atoms with Crippen molar-refractivity contribution in [3.8, 4) is 0 Å². The van der Waals surface area contributed by atoms with Crippen molar-refractivity contribution in [2.24, 2.45) is 13.0 Å². The fraction of sp³-hybridized carbons (Fsp3) is 0.850. The van der Waals surface area contributed by atoms with Crippen molar-refractivity contribution >= 4 is 15.9 Å². The van der Waals surface area contributed by atoms with Crippen LogP contribution in [0.2, 0.25) is 0 Å². The van der Waals surface area contributed by atoms with Crippen molar-refractivity contribution in [2.75, 3.05) is 32.4 Å². The molecule has 1 saturated carbocycles. The van der Waals surface area contributed by atoms with E-state index in [1.54, 1.807) is 7.05 Å². The zero-order chi connectivity index (χ0) is 21.5. The summed E-state index contributed by atoms with van der Waals surface area (Å²) in [6, 6.07) is 0.265. The Morgan fingerprint density at radius 1 is 0.967 bits per heavy atom. The summed E-state index contributed by atoms with van der Waals surface area (Å²) in [5.74, 6) is 1.15. The Bertz CT molecular complexity index is 931. The summed E-state index contributed by atoms with van der Waals surface area (Å²) in [6.45, 7) is 2.19. The molecule has 0 bridgehead atoms. The number of aryl methyl sites for hydroxylation is 1. The van der Waals surface area contributed by atoms with Gasteiger partial charge in [0, 0.05) is 51.1 Å². The molecule has 1 amide bonds. The zero-order valence-electron chi connectivity index (χ0n) is 18.0. The van der Waals surface area contributed by atoms with Crippen LogP contribution in [0.15, 0.2) is 4.79 Å². The monoisotopic (exact) mass is 439 g/mol. The second-order valence-corrected chi connectivity index (χ2v) is 11.1. The van der Waals surface area contributed by atoms with Crippen molar-refractivity contribution in [1.29, 1.82) is 0 Å². The van der Waals surface area contributed by atoms with Crippen LogP contribution >= 0.6 is 0 Å².